The zero-order chi connectivity index (χ0) is 8.97. The average molecular weight is 170 g/mol. The van der Waals surface area contributed by atoms with Crippen molar-refractivity contribution in [2.45, 2.75) is 13.3 Å². The minimum atomic E-state index is -0.640. The molecule has 0 aromatic carbocycles. The van der Waals surface area contributed by atoms with Crippen molar-refractivity contribution in [3.05, 3.63) is 11.8 Å². The largest absolute Gasteiger partial charge is 0.461 e. The van der Waals surface area contributed by atoms with E-state index in [0.717, 1.165) is 12.5 Å². The van der Waals surface area contributed by atoms with Gasteiger partial charge in [0.1, 0.15) is 0 Å². The molecule has 0 N–H and O–H groups in total. The van der Waals surface area contributed by atoms with Crippen LogP contribution in [0.1, 0.15) is 23.8 Å². The Balaban J connectivity index is 2.53. The Bertz CT molecular complexity index is 268. The maximum Gasteiger partial charge on any atom is 0.361 e. The third-order valence-electron chi connectivity index (χ3n) is 1.13. The summed E-state index contributed by atoms with van der Waals surface area (Å²) >= 11 is 0. The molecule has 12 heavy (non-hydrogen) atoms. The van der Waals surface area contributed by atoms with Crippen molar-refractivity contribution in [1.82, 2.24) is 5.16 Å². The highest BCUT2D eigenvalue weighted by Crippen LogP contribution is 2.11. The molecular weight excluding hydrogens is 162 g/mol. The number of carbonyl (C=O) groups excluding carboxylic acids is 1. The molecule has 0 bridgehead atoms. The minimum absolute atomic E-state index is 0.0755. The van der Waals surface area contributed by atoms with Gasteiger partial charge in [0.2, 0.25) is 0 Å². The van der Waals surface area contributed by atoms with Gasteiger partial charge < -0.3 is 9.26 Å². The van der Waals surface area contributed by atoms with Crippen molar-refractivity contribution in [3.8, 4) is 5.95 Å². The first kappa shape index (κ1) is 8.58. The van der Waals surface area contributed by atoms with Crippen LogP contribution in [0.25, 0.3) is 0 Å². The Labute approximate surface area is 68.9 Å². The smallest absolute Gasteiger partial charge is 0.361 e. The van der Waals surface area contributed by atoms with Gasteiger partial charge in [-0.15, -0.1) is 0 Å². The Morgan fingerprint density at radius 2 is 2.50 bits per heavy atom. The van der Waals surface area contributed by atoms with Crippen LogP contribution in [-0.4, -0.2) is 17.7 Å². The van der Waals surface area contributed by atoms with Crippen molar-refractivity contribution in [3.63, 3.8) is 0 Å². The Hall–Kier alpha value is -1.52. The molecule has 1 aromatic heterocycles. The van der Waals surface area contributed by atoms with Crippen molar-refractivity contribution < 1.29 is 19.2 Å². The van der Waals surface area contributed by atoms with Crippen molar-refractivity contribution in [1.29, 1.82) is 0 Å². The van der Waals surface area contributed by atoms with Crippen LogP contribution in [0.15, 0.2) is 10.6 Å². The molecule has 0 spiro atoms. The molecule has 0 saturated carbocycles. The van der Waals surface area contributed by atoms with Gasteiger partial charge in [-0.3, -0.25) is 0 Å². The number of rotatable bonds is 3. The van der Waals surface area contributed by atoms with E-state index < -0.39 is 11.9 Å². The van der Waals surface area contributed by atoms with Gasteiger partial charge in [-0.2, -0.15) is 0 Å². The molecule has 0 aliphatic heterocycles. The molecule has 0 unspecified atom stereocenters. The maximum atomic E-state index is 10.9. The second-order valence-corrected chi connectivity index (χ2v) is 2.17. The molecule has 1 heterocycles. The van der Waals surface area contributed by atoms with Gasteiger partial charge in [0.25, 0.3) is 0 Å². The summed E-state index contributed by atoms with van der Waals surface area (Å²) < 4.78 is 8.85. The average Bonchev–Trinajstić information content (AvgIpc) is 2.47. The van der Waals surface area contributed by atoms with Crippen LogP contribution in [0.2, 0.25) is 0 Å². The van der Waals surface area contributed by atoms with Crippen LogP contribution in [0, 0.1) is 0 Å². The summed E-state index contributed by atoms with van der Waals surface area (Å²) in [7, 11) is 0. The third-order valence-corrected chi connectivity index (χ3v) is 1.13. The van der Waals surface area contributed by atoms with Gasteiger partial charge in [0.15, 0.2) is 5.69 Å². The molecule has 0 aliphatic carbocycles. The van der Waals surface area contributed by atoms with Gasteiger partial charge in [0.05, 0.1) is 12.7 Å². The zero-order valence-electron chi connectivity index (χ0n) is 6.57. The van der Waals surface area contributed by atoms with Crippen LogP contribution in [0.5, 0.6) is 5.95 Å². The topological polar surface area (TPSA) is 72.2 Å². The molecule has 5 heteroatoms. The fourth-order valence-corrected chi connectivity index (χ4v) is 0.623. The van der Waals surface area contributed by atoms with Gasteiger partial charge >= 0.3 is 11.9 Å². The molecule has 1 aromatic rings. The quantitative estimate of drug-likeness (QED) is 0.642. The van der Waals surface area contributed by atoms with Gasteiger partial charge in [-0.05, 0) is 6.42 Å². The number of esters is 1. The first-order valence-electron chi connectivity index (χ1n) is 3.55. The van der Waals surface area contributed by atoms with Crippen LogP contribution in [0.3, 0.4) is 0 Å². The molecule has 1 radical (unpaired) electrons. The zero-order valence-corrected chi connectivity index (χ0v) is 6.57. The van der Waals surface area contributed by atoms with Crippen molar-refractivity contribution in [2.24, 2.45) is 0 Å². The maximum absolute atomic E-state index is 10.9. The van der Waals surface area contributed by atoms with E-state index in [9.17, 15) is 9.90 Å². The summed E-state index contributed by atoms with van der Waals surface area (Å²) in [5.74, 6) is -1.26. The van der Waals surface area contributed by atoms with E-state index in [0.29, 0.717) is 6.61 Å². The molecule has 65 valence electrons. The monoisotopic (exact) mass is 170 g/mol. The second-order valence-electron chi connectivity index (χ2n) is 2.17. The number of ether oxygens (including phenoxy) is 1. The molecule has 1 rings (SSSR count). The number of nitrogens with zero attached hydrogens (tertiary/aromatic N) is 1. The summed E-state index contributed by atoms with van der Waals surface area (Å²) in [6, 6.07) is 0.998. The lowest BCUT2D eigenvalue weighted by molar-refractivity contribution is 0.0493. The van der Waals surface area contributed by atoms with E-state index in [4.69, 9.17) is 4.74 Å². The van der Waals surface area contributed by atoms with Crippen LogP contribution in [0.4, 0.5) is 0 Å². The second kappa shape index (κ2) is 3.75. The summed E-state index contributed by atoms with van der Waals surface area (Å²) in [4.78, 5) is 10.9. The lowest BCUT2D eigenvalue weighted by atomic mass is 10.4. The molecule has 0 amide bonds. The van der Waals surface area contributed by atoms with E-state index in [1.807, 2.05) is 6.92 Å². The van der Waals surface area contributed by atoms with Crippen molar-refractivity contribution in [2.75, 3.05) is 6.61 Å². The SMILES string of the molecule is CCCOC(=O)c1cc([O])on1. The standard InChI is InChI=1S/C7H8NO4/c1-2-3-11-7(10)5-4-6(9)12-8-5/h4H,2-3H2,1H3. The molecular formula is C7H8NO4. The van der Waals surface area contributed by atoms with Crippen molar-refractivity contribution >= 4 is 5.97 Å². The van der Waals surface area contributed by atoms with Crippen LogP contribution in [-0.2, 0) is 9.84 Å². The summed E-state index contributed by atoms with van der Waals surface area (Å²) in [5.41, 5.74) is -0.0755. The fourth-order valence-electron chi connectivity index (χ4n) is 0.623. The summed E-state index contributed by atoms with van der Waals surface area (Å²) in [6.45, 7) is 2.19. The van der Waals surface area contributed by atoms with Crippen LogP contribution < -0.4 is 0 Å². The highest BCUT2D eigenvalue weighted by Gasteiger charge is 2.13. The highest BCUT2D eigenvalue weighted by atomic mass is 16.6. The fraction of sp³-hybridized carbons (Fsp3) is 0.429. The van der Waals surface area contributed by atoms with Gasteiger partial charge in [0, 0.05) is 0 Å². The lowest BCUT2D eigenvalue weighted by Gasteiger charge is -1.96. The molecule has 5 nitrogen and oxygen atoms in total. The minimum Gasteiger partial charge on any atom is -0.461 e. The van der Waals surface area contributed by atoms with Crippen LogP contribution >= 0.6 is 0 Å². The summed E-state index contributed by atoms with van der Waals surface area (Å²) in [6.07, 6.45) is 0.730. The van der Waals surface area contributed by atoms with E-state index >= 15 is 0 Å². The number of aromatic nitrogens is 1. The van der Waals surface area contributed by atoms with E-state index in [1.54, 1.807) is 0 Å². The van der Waals surface area contributed by atoms with E-state index in [-0.39, 0.29) is 5.69 Å². The first-order chi connectivity index (χ1) is 5.74. The molecule has 0 aliphatic rings. The lowest BCUT2D eigenvalue weighted by Crippen LogP contribution is -2.05. The third kappa shape index (κ3) is 1.98. The Morgan fingerprint density at radius 1 is 1.75 bits per heavy atom. The first-order valence-corrected chi connectivity index (χ1v) is 3.55. The van der Waals surface area contributed by atoms with E-state index in [1.165, 1.54) is 0 Å². The number of hydrogen-bond acceptors (Lipinski definition) is 4. The van der Waals surface area contributed by atoms with Gasteiger partial charge in [-0.25, -0.2) is 9.90 Å². The predicted molar refractivity (Wildman–Crippen MR) is 37.2 cm³/mol. The normalized spacial score (nSPS) is 9.75. The number of hydrogen-bond donors (Lipinski definition) is 0. The predicted octanol–water partition coefficient (Wildman–Crippen LogP) is 1.39. The van der Waals surface area contributed by atoms with E-state index in [2.05, 4.69) is 9.68 Å². The summed E-state index contributed by atoms with van der Waals surface area (Å²) in [5, 5.41) is 13.6. The Kier molecular flexibility index (Phi) is 2.68. The van der Waals surface area contributed by atoms with Gasteiger partial charge in [-0.1, -0.05) is 12.1 Å². The highest BCUT2D eigenvalue weighted by molar-refractivity contribution is 5.87. The number of carbonyl (C=O) groups is 1. The Morgan fingerprint density at radius 3 is 3.00 bits per heavy atom. The molecule has 0 saturated heterocycles. The molecule has 0 fully saturated rings. The molecule has 0 atom stereocenters.